The van der Waals surface area contributed by atoms with Crippen LogP contribution in [0.1, 0.15) is 16.1 Å². The van der Waals surface area contributed by atoms with Crippen LogP contribution in [0.3, 0.4) is 0 Å². The second kappa shape index (κ2) is 6.19. The number of nitrogens with one attached hydrogen (secondary N) is 2. The van der Waals surface area contributed by atoms with Crippen LogP contribution >= 0.6 is 0 Å². The molecule has 0 unspecified atom stereocenters. The Labute approximate surface area is 137 Å². The zero-order valence-corrected chi connectivity index (χ0v) is 13.0. The Kier molecular flexibility index (Phi) is 4.07. The van der Waals surface area contributed by atoms with Crippen molar-refractivity contribution in [3.05, 3.63) is 41.7 Å². The van der Waals surface area contributed by atoms with Crippen LogP contribution in [-0.2, 0) is 11.3 Å². The third-order valence-corrected chi connectivity index (χ3v) is 3.69. The fraction of sp³-hybridized carbons (Fsp3) is 0.125. The molecule has 8 heteroatoms. The van der Waals surface area contributed by atoms with E-state index in [-0.39, 0.29) is 11.4 Å². The Bertz CT molecular complexity index is 912. The second-order valence-electron chi connectivity index (χ2n) is 5.28. The Morgan fingerprint density at radius 1 is 1.38 bits per heavy atom. The number of amides is 2. The standard InChI is InChI=1S/C16H17N5O3/c1-19-7-10-3-5-13(24-10)9-2-4-11-12(6-9)20-16(21(18)8-22)14(11)15(17)23/h2-6,8,19-20H,7,18H2,1H3,(H2,17,23). The zero-order valence-electron chi connectivity index (χ0n) is 13.0. The van der Waals surface area contributed by atoms with E-state index in [1.807, 2.05) is 31.3 Å². The molecule has 0 aliphatic heterocycles. The summed E-state index contributed by atoms with van der Waals surface area (Å²) in [6.45, 7) is 0.627. The number of rotatable bonds is 6. The highest BCUT2D eigenvalue weighted by Gasteiger charge is 2.20. The number of primary amides is 1. The first-order valence-corrected chi connectivity index (χ1v) is 7.23. The third-order valence-electron chi connectivity index (χ3n) is 3.69. The Balaban J connectivity index is 2.10. The Morgan fingerprint density at radius 3 is 2.83 bits per heavy atom. The van der Waals surface area contributed by atoms with E-state index in [0.717, 1.165) is 16.3 Å². The van der Waals surface area contributed by atoms with Crippen molar-refractivity contribution in [2.75, 3.05) is 12.1 Å². The molecule has 0 radical (unpaired) electrons. The van der Waals surface area contributed by atoms with Crippen LogP contribution in [0, 0.1) is 0 Å². The molecule has 8 nitrogen and oxygen atoms in total. The molecule has 0 aliphatic rings. The van der Waals surface area contributed by atoms with Crippen LogP contribution in [0.25, 0.3) is 22.2 Å². The van der Waals surface area contributed by atoms with Gasteiger partial charge in [-0.3, -0.25) is 9.59 Å². The maximum atomic E-state index is 11.7. The highest BCUT2D eigenvalue weighted by Crippen LogP contribution is 2.31. The molecule has 24 heavy (non-hydrogen) atoms. The molecule has 1 aromatic carbocycles. The monoisotopic (exact) mass is 327 g/mol. The zero-order chi connectivity index (χ0) is 17.3. The first kappa shape index (κ1) is 15.8. The van der Waals surface area contributed by atoms with Gasteiger partial charge in [0.05, 0.1) is 12.1 Å². The third kappa shape index (κ3) is 2.64. The molecule has 3 aromatic rings. The van der Waals surface area contributed by atoms with E-state index < -0.39 is 5.91 Å². The minimum absolute atomic E-state index is 0.153. The molecule has 3 rings (SSSR count). The van der Waals surface area contributed by atoms with E-state index in [4.69, 9.17) is 16.0 Å². The normalized spacial score (nSPS) is 10.9. The molecule has 124 valence electrons. The summed E-state index contributed by atoms with van der Waals surface area (Å²) in [7, 11) is 1.84. The van der Waals surface area contributed by atoms with Crippen LogP contribution in [0.5, 0.6) is 0 Å². The number of hydrazine groups is 1. The summed E-state index contributed by atoms with van der Waals surface area (Å²) < 4.78 is 5.75. The van der Waals surface area contributed by atoms with Crippen LogP contribution in [0.4, 0.5) is 5.82 Å². The number of carbonyl (C=O) groups excluding carboxylic acids is 2. The predicted molar refractivity (Wildman–Crippen MR) is 90.0 cm³/mol. The number of H-pyrrole nitrogens is 1. The molecule has 0 spiro atoms. The fourth-order valence-corrected chi connectivity index (χ4v) is 2.63. The SMILES string of the molecule is CNCc1ccc(-c2ccc3c(C(N)=O)c(N(N)C=O)[nH]c3c2)o1. The van der Waals surface area contributed by atoms with Gasteiger partial charge in [0.25, 0.3) is 5.91 Å². The summed E-state index contributed by atoms with van der Waals surface area (Å²) >= 11 is 0. The number of furan rings is 1. The molecule has 0 atom stereocenters. The molecular formula is C16H17N5O3. The first-order chi connectivity index (χ1) is 11.5. The van der Waals surface area contributed by atoms with E-state index in [9.17, 15) is 9.59 Å². The Morgan fingerprint density at radius 2 is 2.17 bits per heavy atom. The quantitative estimate of drug-likeness (QED) is 0.233. The summed E-state index contributed by atoms with van der Waals surface area (Å²) in [5, 5.41) is 4.39. The summed E-state index contributed by atoms with van der Waals surface area (Å²) in [5.74, 6) is 6.57. The lowest BCUT2D eigenvalue weighted by atomic mass is 10.1. The summed E-state index contributed by atoms with van der Waals surface area (Å²) in [6.07, 6.45) is 0.397. The lowest BCUT2D eigenvalue weighted by molar-refractivity contribution is -0.107. The average Bonchev–Trinajstić information content (AvgIpc) is 3.17. The van der Waals surface area contributed by atoms with Gasteiger partial charge in [-0.1, -0.05) is 12.1 Å². The van der Waals surface area contributed by atoms with Crippen molar-refractivity contribution in [3.8, 4) is 11.3 Å². The molecule has 6 N–H and O–H groups in total. The van der Waals surface area contributed by atoms with Crippen LogP contribution in [-0.4, -0.2) is 24.3 Å². The van der Waals surface area contributed by atoms with Crippen molar-refractivity contribution >= 4 is 29.0 Å². The lowest BCUT2D eigenvalue weighted by Crippen LogP contribution is -2.31. The maximum Gasteiger partial charge on any atom is 0.253 e. The van der Waals surface area contributed by atoms with Crippen molar-refractivity contribution in [1.29, 1.82) is 0 Å². The maximum absolute atomic E-state index is 11.7. The molecule has 0 saturated heterocycles. The smallest absolute Gasteiger partial charge is 0.253 e. The van der Waals surface area contributed by atoms with Gasteiger partial charge in [-0.15, -0.1) is 0 Å². The summed E-state index contributed by atoms with van der Waals surface area (Å²) in [6, 6.07) is 9.12. The number of fused-ring (bicyclic) bond motifs is 1. The minimum atomic E-state index is -0.671. The number of aromatic nitrogens is 1. The molecule has 2 heterocycles. The highest BCUT2D eigenvalue weighted by molar-refractivity contribution is 6.12. The lowest BCUT2D eigenvalue weighted by Gasteiger charge is -2.08. The van der Waals surface area contributed by atoms with Gasteiger partial charge < -0.3 is 20.5 Å². The van der Waals surface area contributed by atoms with Crippen LogP contribution in [0.15, 0.2) is 34.7 Å². The van der Waals surface area contributed by atoms with Gasteiger partial charge in [-0.05, 0) is 25.2 Å². The van der Waals surface area contributed by atoms with Gasteiger partial charge in [0, 0.05) is 16.5 Å². The molecular weight excluding hydrogens is 310 g/mol. The van der Waals surface area contributed by atoms with Crippen molar-refractivity contribution < 1.29 is 14.0 Å². The van der Waals surface area contributed by atoms with E-state index in [1.54, 1.807) is 6.07 Å². The number of nitrogens with two attached hydrogens (primary N) is 2. The van der Waals surface area contributed by atoms with E-state index in [2.05, 4.69) is 10.3 Å². The minimum Gasteiger partial charge on any atom is -0.460 e. The van der Waals surface area contributed by atoms with Gasteiger partial charge in [0.15, 0.2) is 0 Å². The van der Waals surface area contributed by atoms with Gasteiger partial charge in [-0.25, -0.2) is 10.9 Å². The molecule has 2 aromatic heterocycles. The first-order valence-electron chi connectivity index (χ1n) is 7.23. The molecule has 0 saturated carbocycles. The largest absolute Gasteiger partial charge is 0.460 e. The predicted octanol–water partition coefficient (Wildman–Crippen LogP) is 1.08. The molecule has 0 fully saturated rings. The van der Waals surface area contributed by atoms with E-state index in [0.29, 0.717) is 29.6 Å². The number of benzene rings is 1. The molecule has 0 bridgehead atoms. The van der Waals surface area contributed by atoms with Crippen LogP contribution in [0.2, 0.25) is 0 Å². The number of aromatic amines is 1. The van der Waals surface area contributed by atoms with Crippen molar-refractivity contribution in [2.24, 2.45) is 11.6 Å². The second-order valence-corrected chi connectivity index (χ2v) is 5.28. The number of hydrogen-bond acceptors (Lipinski definition) is 5. The van der Waals surface area contributed by atoms with Crippen molar-refractivity contribution in [3.63, 3.8) is 0 Å². The molecule has 0 aliphatic carbocycles. The van der Waals surface area contributed by atoms with Crippen LogP contribution < -0.4 is 21.9 Å². The van der Waals surface area contributed by atoms with Crippen molar-refractivity contribution in [1.82, 2.24) is 10.3 Å². The summed E-state index contributed by atoms with van der Waals surface area (Å²) in [4.78, 5) is 25.6. The van der Waals surface area contributed by atoms with Gasteiger partial charge in [0.1, 0.15) is 17.3 Å². The fourth-order valence-electron chi connectivity index (χ4n) is 2.63. The van der Waals surface area contributed by atoms with Gasteiger partial charge in [0.2, 0.25) is 6.41 Å². The van der Waals surface area contributed by atoms with Crippen molar-refractivity contribution in [2.45, 2.75) is 6.54 Å². The van der Waals surface area contributed by atoms with E-state index >= 15 is 0 Å². The highest BCUT2D eigenvalue weighted by atomic mass is 16.3. The average molecular weight is 327 g/mol. The van der Waals surface area contributed by atoms with Gasteiger partial charge in [-0.2, -0.15) is 0 Å². The number of anilines is 1. The molecule has 2 amide bonds. The number of hydrogen-bond donors (Lipinski definition) is 4. The van der Waals surface area contributed by atoms with Gasteiger partial charge >= 0.3 is 0 Å². The summed E-state index contributed by atoms with van der Waals surface area (Å²) in [5.41, 5.74) is 7.04. The topological polar surface area (TPSA) is 130 Å². The number of carbonyl (C=O) groups is 2. The Hall–Kier alpha value is -3.10. The van der Waals surface area contributed by atoms with E-state index in [1.165, 1.54) is 0 Å². The number of nitrogens with zero attached hydrogens (tertiary/aromatic N) is 1.